The summed E-state index contributed by atoms with van der Waals surface area (Å²) in [6.07, 6.45) is 0. The number of fused-ring (bicyclic) bond motifs is 1. The Balaban J connectivity index is 1.98. The summed E-state index contributed by atoms with van der Waals surface area (Å²) >= 11 is 7.70. The summed E-state index contributed by atoms with van der Waals surface area (Å²) in [7, 11) is 0. The zero-order chi connectivity index (χ0) is 13.4. The van der Waals surface area contributed by atoms with Crippen molar-refractivity contribution < 1.29 is 0 Å². The normalized spacial score (nSPS) is 10.9. The number of rotatable bonds is 2. The maximum Gasteiger partial charge on any atom is 0.172 e. The number of nitrogens with zero attached hydrogens (tertiary/aromatic N) is 3. The zero-order valence-electron chi connectivity index (χ0n) is 10.4. The second-order valence-electron chi connectivity index (χ2n) is 4.19. The van der Waals surface area contributed by atoms with E-state index in [1.54, 1.807) is 11.3 Å². The molecule has 3 rings (SSSR count). The molecular formula is C13H11ClN4S. The Kier molecular flexibility index (Phi) is 3.08. The zero-order valence-corrected chi connectivity index (χ0v) is 12.0. The van der Waals surface area contributed by atoms with Gasteiger partial charge in [0.2, 0.25) is 0 Å². The van der Waals surface area contributed by atoms with Gasteiger partial charge in [0.15, 0.2) is 11.0 Å². The van der Waals surface area contributed by atoms with Crippen LogP contribution in [0.25, 0.3) is 10.2 Å². The second kappa shape index (κ2) is 4.75. The molecule has 0 bridgehead atoms. The summed E-state index contributed by atoms with van der Waals surface area (Å²) in [4.78, 5) is 12.9. The van der Waals surface area contributed by atoms with Crippen LogP contribution in [0.4, 0.5) is 11.5 Å². The molecule has 0 spiro atoms. The fraction of sp³-hybridized carbons (Fsp3) is 0.154. The van der Waals surface area contributed by atoms with Crippen LogP contribution in [-0.4, -0.2) is 15.0 Å². The average Bonchev–Trinajstić information content (AvgIpc) is 2.83. The Morgan fingerprint density at radius 3 is 2.79 bits per heavy atom. The minimum Gasteiger partial charge on any atom is -0.338 e. The van der Waals surface area contributed by atoms with Gasteiger partial charge in [-0.1, -0.05) is 11.6 Å². The number of hydrogen-bond donors (Lipinski definition) is 1. The minimum atomic E-state index is 0.382. The predicted molar refractivity (Wildman–Crippen MR) is 79.4 cm³/mol. The SMILES string of the molecule is Cc1nc(Cl)c(Nc2ccc3ncsc3c2)nc1C. The van der Waals surface area contributed by atoms with Gasteiger partial charge in [-0.3, -0.25) is 0 Å². The first-order chi connectivity index (χ1) is 9.13. The van der Waals surface area contributed by atoms with Crippen LogP contribution in [0.15, 0.2) is 23.7 Å². The Bertz CT molecular complexity index is 753. The fourth-order valence-corrected chi connectivity index (χ4v) is 2.66. The number of aromatic nitrogens is 3. The molecule has 96 valence electrons. The lowest BCUT2D eigenvalue weighted by atomic mass is 10.3. The van der Waals surface area contributed by atoms with Crippen LogP contribution in [0, 0.1) is 13.8 Å². The van der Waals surface area contributed by atoms with E-state index >= 15 is 0 Å². The standard InChI is InChI=1S/C13H11ClN4S/c1-7-8(2)17-13(12(14)16-7)18-9-3-4-10-11(5-9)19-6-15-10/h3-6H,1-2H3,(H,17,18). The van der Waals surface area contributed by atoms with Crippen LogP contribution in [-0.2, 0) is 0 Å². The first kappa shape index (κ1) is 12.3. The molecule has 2 aromatic heterocycles. The molecule has 1 N–H and O–H groups in total. The number of thiazole rings is 1. The number of nitrogens with one attached hydrogen (secondary N) is 1. The molecule has 0 atom stereocenters. The molecule has 0 saturated heterocycles. The number of halogens is 1. The van der Waals surface area contributed by atoms with Gasteiger partial charge in [-0.25, -0.2) is 15.0 Å². The molecule has 4 nitrogen and oxygen atoms in total. The summed E-state index contributed by atoms with van der Waals surface area (Å²) in [6.45, 7) is 3.80. The van der Waals surface area contributed by atoms with Crippen molar-refractivity contribution in [2.45, 2.75) is 13.8 Å². The van der Waals surface area contributed by atoms with E-state index in [9.17, 15) is 0 Å². The number of benzene rings is 1. The van der Waals surface area contributed by atoms with E-state index in [1.165, 1.54) is 0 Å². The van der Waals surface area contributed by atoms with Crippen LogP contribution in [0.1, 0.15) is 11.4 Å². The topological polar surface area (TPSA) is 50.7 Å². The summed E-state index contributed by atoms with van der Waals surface area (Å²) in [5, 5.41) is 3.58. The smallest absolute Gasteiger partial charge is 0.172 e. The predicted octanol–water partition coefficient (Wildman–Crippen LogP) is 4.10. The number of hydrogen-bond acceptors (Lipinski definition) is 5. The van der Waals surface area contributed by atoms with Crippen LogP contribution in [0.2, 0.25) is 5.15 Å². The molecule has 1 aromatic carbocycles. The summed E-state index contributed by atoms with van der Waals surface area (Å²) in [5.41, 5.74) is 5.46. The van der Waals surface area contributed by atoms with Crippen LogP contribution >= 0.6 is 22.9 Å². The van der Waals surface area contributed by atoms with Crippen molar-refractivity contribution in [2.75, 3.05) is 5.32 Å². The third-order valence-electron chi connectivity index (χ3n) is 2.86. The molecule has 0 amide bonds. The van der Waals surface area contributed by atoms with Crippen molar-refractivity contribution in [2.24, 2.45) is 0 Å². The van der Waals surface area contributed by atoms with Gasteiger partial charge in [0.05, 0.1) is 27.1 Å². The monoisotopic (exact) mass is 290 g/mol. The van der Waals surface area contributed by atoms with Crippen molar-refractivity contribution in [1.82, 2.24) is 15.0 Å². The summed E-state index contributed by atoms with van der Waals surface area (Å²) < 4.78 is 1.12. The van der Waals surface area contributed by atoms with E-state index in [4.69, 9.17) is 11.6 Å². The summed E-state index contributed by atoms with van der Waals surface area (Å²) in [6, 6.07) is 5.95. The molecule has 0 fully saturated rings. The van der Waals surface area contributed by atoms with Crippen molar-refractivity contribution >= 4 is 44.7 Å². The Morgan fingerprint density at radius 1 is 1.16 bits per heavy atom. The molecule has 0 saturated carbocycles. The lowest BCUT2D eigenvalue weighted by Gasteiger charge is -2.09. The van der Waals surface area contributed by atoms with Gasteiger partial charge < -0.3 is 5.32 Å². The molecule has 0 unspecified atom stereocenters. The molecule has 2 heterocycles. The lowest BCUT2D eigenvalue weighted by Crippen LogP contribution is -2.00. The maximum absolute atomic E-state index is 6.10. The van der Waals surface area contributed by atoms with E-state index in [1.807, 2.05) is 37.6 Å². The molecule has 6 heteroatoms. The van der Waals surface area contributed by atoms with E-state index in [2.05, 4.69) is 20.3 Å². The molecule has 0 aliphatic carbocycles. The first-order valence-corrected chi connectivity index (χ1v) is 7.00. The van der Waals surface area contributed by atoms with E-state index in [-0.39, 0.29) is 0 Å². The van der Waals surface area contributed by atoms with Gasteiger partial charge in [-0.2, -0.15) is 0 Å². The van der Waals surface area contributed by atoms with Crippen LogP contribution in [0.3, 0.4) is 0 Å². The highest BCUT2D eigenvalue weighted by molar-refractivity contribution is 7.16. The van der Waals surface area contributed by atoms with Gasteiger partial charge >= 0.3 is 0 Å². The molecule has 19 heavy (non-hydrogen) atoms. The molecule has 0 aliphatic rings. The van der Waals surface area contributed by atoms with Crippen molar-refractivity contribution in [3.63, 3.8) is 0 Å². The number of anilines is 2. The van der Waals surface area contributed by atoms with E-state index in [0.29, 0.717) is 11.0 Å². The first-order valence-electron chi connectivity index (χ1n) is 5.74. The van der Waals surface area contributed by atoms with E-state index < -0.39 is 0 Å². The van der Waals surface area contributed by atoms with Crippen molar-refractivity contribution in [3.05, 3.63) is 40.3 Å². The second-order valence-corrected chi connectivity index (χ2v) is 5.44. The highest BCUT2D eigenvalue weighted by Crippen LogP contribution is 2.26. The van der Waals surface area contributed by atoms with Crippen LogP contribution < -0.4 is 5.32 Å². The third kappa shape index (κ3) is 2.39. The Hall–Kier alpha value is -1.72. The van der Waals surface area contributed by atoms with Gasteiger partial charge in [-0.05, 0) is 32.0 Å². The van der Waals surface area contributed by atoms with Gasteiger partial charge in [-0.15, -0.1) is 11.3 Å². The van der Waals surface area contributed by atoms with Crippen molar-refractivity contribution in [3.8, 4) is 0 Å². The third-order valence-corrected chi connectivity index (χ3v) is 3.91. The highest BCUT2D eigenvalue weighted by Gasteiger charge is 2.08. The molecular weight excluding hydrogens is 280 g/mol. The Labute approximate surface area is 119 Å². The van der Waals surface area contributed by atoms with Crippen molar-refractivity contribution in [1.29, 1.82) is 0 Å². The molecule has 3 aromatic rings. The quantitative estimate of drug-likeness (QED) is 0.772. The fourth-order valence-electron chi connectivity index (χ4n) is 1.72. The molecule has 0 aliphatic heterocycles. The van der Waals surface area contributed by atoms with Gasteiger partial charge in [0, 0.05) is 5.69 Å². The van der Waals surface area contributed by atoms with Gasteiger partial charge in [0.25, 0.3) is 0 Å². The Morgan fingerprint density at radius 2 is 1.95 bits per heavy atom. The average molecular weight is 291 g/mol. The summed E-state index contributed by atoms with van der Waals surface area (Å²) in [5.74, 6) is 0.577. The minimum absolute atomic E-state index is 0.382. The van der Waals surface area contributed by atoms with E-state index in [0.717, 1.165) is 27.3 Å². The van der Waals surface area contributed by atoms with Gasteiger partial charge in [0.1, 0.15) is 0 Å². The molecule has 0 radical (unpaired) electrons. The highest BCUT2D eigenvalue weighted by atomic mass is 35.5. The maximum atomic E-state index is 6.10. The largest absolute Gasteiger partial charge is 0.338 e. The lowest BCUT2D eigenvalue weighted by molar-refractivity contribution is 1.05. The number of aryl methyl sites for hydroxylation is 2. The van der Waals surface area contributed by atoms with Crippen LogP contribution in [0.5, 0.6) is 0 Å².